The van der Waals surface area contributed by atoms with Gasteiger partial charge in [-0.3, -0.25) is 4.90 Å². The minimum Gasteiger partial charge on any atom is -0.473 e. The van der Waals surface area contributed by atoms with Crippen LogP contribution >= 0.6 is 11.6 Å². The van der Waals surface area contributed by atoms with Crippen LogP contribution in [0.1, 0.15) is 35.4 Å². The number of carboxylic acids is 2. The molecule has 0 spiro atoms. The quantitative estimate of drug-likeness (QED) is 0.440. The van der Waals surface area contributed by atoms with Crippen molar-refractivity contribution < 1.29 is 24.5 Å². The number of halogens is 1. The fraction of sp³-hybridized carbons (Fsp3) is 0.310. The molecule has 3 aromatic rings. The van der Waals surface area contributed by atoms with Crippen LogP contribution in [-0.2, 0) is 20.9 Å². The number of fused-ring (bicyclic) bond motifs is 3. The average molecular weight is 508 g/mol. The first kappa shape index (κ1) is 25.9. The summed E-state index contributed by atoms with van der Waals surface area (Å²) in [5, 5.41) is 15.6. The van der Waals surface area contributed by atoms with Gasteiger partial charge in [0.15, 0.2) is 0 Å². The largest absolute Gasteiger partial charge is 0.473 e. The normalized spacial score (nSPS) is 22.5. The molecule has 36 heavy (non-hydrogen) atoms. The molecule has 0 saturated carbocycles. The second kappa shape index (κ2) is 12.2. The Kier molecular flexibility index (Phi) is 8.75. The monoisotopic (exact) mass is 507 g/mol. The van der Waals surface area contributed by atoms with E-state index in [9.17, 15) is 0 Å². The van der Waals surface area contributed by atoms with E-state index in [1.54, 1.807) is 0 Å². The summed E-state index contributed by atoms with van der Waals surface area (Å²) in [4.78, 5) is 20.9. The Bertz CT molecular complexity index is 1100. The zero-order chi connectivity index (χ0) is 25.5. The summed E-state index contributed by atoms with van der Waals surface area (Å²) >= 11 is 6.20. The number of rotatable bonds is 6. The van der Waals surface area contributed by atoms with Gasteiger partial charge in [0.25, 0.3) is 0 Å². The van der Waals surface area contributed by atoms with Crippen LogP contribution in [0, 0.1) is 5.92 Å². The molecule has 2 atom stereocenters. The minimum absolute atomic E-state index is 0.219. The van der Waals surface area contributed by atoms with Crippen molar-refractivity contribution in [3.05, 3.63) is 107 Å². The van der Waals surface area contributed by atoms with Crippen LogP contribution in [0.15, 0.2) is 84.9 Å². The lowest BCUT2D eigenvalue weighted by Crippen LogP contribution is -2.60. The molecule has 6 rings (SSSR count). The summed E-state index contributed by atoms with van der Waals surface area (Å²) in [6.45, 7) is 2.95. The number of hydrogen-bond donors (Lipinski definition) is 2. The van der Waals surface area contributed by atoms with E-state index in [1.807, 2.05) is 18.2 Å². The van der Waals surface area contributed by atoms with Gasteiger partial charge in [0.1, 0.15) is 0 Å². The van der Waals surface area contributed by atoms with E-state index in [2.05, 4.69) is 71.6 Å². The highest BCUT2D eigenvalue weighted by Gasteiger charge is 2.47. The van der Waals surface area contributed by atoms with E-state index in [1.165, 1.54) is 37.1 Å². The van der Waals surface area contributed by atoms with E-state index in [0.717, 1.165) is 10.6 Å². The SMILES string of the molecule is Clc1cccc(COC2C3CCN(CC3)C2C(c2ccccc2)c2ccccc2)c1.O=C(O)C(=O)O. The second-order valence-electron chi connectivity index (χ2n) is 9.18. The molecule has 2 unspecified atom stereocenters. The maximum absolute atomic E-state index is 9.10. The molecule has 3 fully saturated rings. The van der Waals surface area contributed by atoms with Crippen molar-refractivity contribution in [1.82, 2.24) is 4.90 Å². The first-order chi connectivity index (χ1) is 17.4. The second-order valence-corrected chi connectivity index (χ2v) is 9.62. The first-order valence-corrected chi connectivity index (χ1v) is 12.5. The van der Waals surface area contributed by atoms with Gasteiger partial charge in [-0.15, -0.1) is 0 Å². The lowest BCUT2D eigenvalue weighted by Gasteiger charge is -2.53. The van der Waals surface area contributed by atoms with Crippen molar-refractivity contribution in [3.8, 4) is 0 Å². The van der Waals surface area contributed by atoms with Crippen LogP contribution < -0.4 is 0 Å². The predicted octanol–water partition coefficient (Wildman–Crippen LogP) is 5.31. The lowest BCUT2D eigenvalue weighted by atomic mass is 9.72. The number of aliphatic carboxylic acids is 2. The molecule has 3 saturated heterocycles. The Hall–Kier alpha value is -3.19. The third kappa shape index (κ3) is 6.32. The van der Waals surface area contributed by atoms with E-state index in [4.69, 9.17) is 36.1 Å². The molecule has 0 radical (unpaired) electrons. The van der Waals surface area contributed by atoms with Crippen LogP contribution in [0.3, 0.4) is 0 Å². The molecule has 2 N–H and O–H groups in total. The van der Waals surface area contributed by atoms with Gasteiger partial charge in [0, 0.05) is 17.0 Å². The average Bonchev–Trinajstić information content (AvgIpc) is 2.90. The topological polar surface area (TPSA) is 87.1 Å². The van der Waals surface area contributed by atoms with Crippen molar-refractivity contribution in [3.63, 3.8) is 0 Å². The van der Waals surface area contributed by atoms with Gasteiger partial charge in [0.2, 0.25) is 0 Å². The summed E-state index contributed by atoms with van der Waals surface area (Å²) in [5.74, 6) is -2.72. The third-order valence-electron chi connectivity index (χ3n) is 6.97. The van der Waals surface area contributed by atoms with Crippen molar-refractivity contribution >= 4 is 23.5 Å². The number of carboxylic acid groups (broad SMARTS) is 2. The Morgan fingerprint density at radius 2 is 1.42 bits per heavy atom. The Labute approximate surface area is 216 Å². The fourth-order valence-corrected chi connectivity index (χ4v) is 5.61. The molecule has 6 nitrogen and oxygen atoms in total. The number of nitrogens with zero attached hydrogens (tertiary/aromatic N) is 1. The minimum atomic E-state index is -1.82. The van der Waals surface area contributed by atoms with Crippen molar-refractivity contribution in [1.29, 1.82) is 0 Å². The van der Waals surface area contributed by atoms with Crippen LogP contribution in [0.25, 0.3) is 0 Å². The van der Waals surface area contributed by atoms with Gasteiger partial charge in [-0.25, -0.2) is 9.59 Å². The Morgan fingerprint density at radius 1 is 0.861 bits per heavy atom. The number of carbonyl (C=O) groups is 2. The summed E-state index contributed by atoms with van der Waals surface area (Å²) in [5.41, 5.74) is 3.89. The molecule has 3 heterocycles. The number of piperidine rings is 3. The number of benzene rings is 3. The Balaban J connectivity index is 0.000000455. The van der Waals surface area contributed by atoms with Crippen molar-refractivity contribution in [2.24, 2.45) is 5.92 Å². The van der Waals surface area contributed by atoms with Gasteiger partial charge in [-0.2, -0.15) is 0 Å². The van der Waals surface area contributed by atoms with Crippen molar-refractivity contribution in [2.45, 2.75) is 37.5 Å². The van der Waals surface area contributed by atoms with Gasteiger partial charge in [-0.05, 0) is 60.7 Å². The highest BCUT2D eigenvalue weighted by molar-refractivity contribution is 6.30. The van der Waals surface area contributed by atoms with Crippen LogP contribution in [0.5, 0.6) is 0 Å². The maximum atomic E-state index is 9.10. The summed E-state index contributed by atoms with van der Waals surface area (Å²) in [7, 11) is 0. The number of ether oxygens (including phenoxy) is 1. The van der Waals surface area contributed by atoms with Crippen molar-refractivity contribution in [2.75, 3.05) is 13.1 Å². The van der Waals surface area contributed by atoms with Gasteiger partial charge < -0.3 is 14.9 Å². The lowest BCUT2D eigenvalue weighted by molar-refractivity contribution is -0.159. The molecule has 0 aromatic heterocycles. The molecule has 3 aromatic carbocycles. The molecular weight excluding hydrogens is 478 g/mol. The standard InChI is InChI=1S/C27H28ClNO.C2H2O4/c28-24-13-7-8-20(18-24)19-30-27-23-14-16-29(17-15-23)26(27)25(21-9-3-1-4-10-21)22-11-5-2-6-12-22;3-1(4)2(5)6/h1-13,18,23,25-27H,14-17,19H2;(H,3,4)(H,5,6). The molecule has 0 amide bonds. The van der Waals surface area contributed by atoms with Gasteiger partial charge in [0.05, 0.1) is 12.7 Å². The smallest absolute Gasteiger partial charge is 0.414 e. The predicted molar refractivity (Wildman–Crippen MR) is 138 cm³/mol. The van der Waals surface area contributed by atoms with E-state index < -0.39 is 11.9 Å². The van der Waals surface area contributed by atoms with Crippen LogP contribution in [0.2, 0.25) is 5.02 Å². The van der Waals surface area contributed by atoms with Gasteiger partial charge >= 0.3 is 11.9 Å². The van der Waals surface area contributed by atoms with Crippen LogP contribution in [-0.4, -0.2) is 52.3 Å². The van der Waals surface area contributed by atoms with Crippen LogP contribution in [0.4, 0.5) is 0 Å². The van der Waals surface area contributed by atoms with E-state index in [-0.39, 0.29) is 6.10 Å². The van der Waals surface area contributed by atoms with E-state index >= 15 is 0 Å². The third-order valence-corrected chi connectivity index (χ3v) is 7.21. The molecule has 7 heteroatoms. The molecule has 3 aliphatic rings. The van der Waals surface area contributed by atoms with E-state index in [0.29, 0.717) is 24.5 Å². The highest BCUT2D eigenvalue weighted by Crippen LogP contribution is 2.43. The highest BCUT2D eigenvalue weighted by atomic mass is 35.5. The molecular formula is C29H30ClNO5. The Morgan fingerprint density at radius 3 is 1.92 bits per heavy atom. The molecule has 0 aliphatic carbocycles. The maximum Gasteiger partial charge on any atom is 0.414 e. The zero-order valence-corrected chi connectivity index (χ0v) is 20.6. The number of hydrogen-bond acceptors (Lipinski definition) is 4. The molecule has 188 valence electrons. The summed E-state index contributed by atoms with van der Waals surface area (Å²) in [6, 6.07) is 30.3. The molecule has 3 aliphatic heterocycles. The first-order valence-electron chi connectivity index (χ1n) is 12.1. The summed E-state index contributed by atoms with van der Waals surface area (Å²) < 4.78 is 6.69. The summed E-state index contributed by atoms with van der Waals surface area (Å²) in [6.07, 6.45) is 2.68. The van der Waals surface area contributed by atoms with Gasteiger partial charge in [-0.1, -0.05) is 84.4 Å². The fourth-order valence-electron chi connectivity index (χ4n) is 5.39. The molecule has 2 bridgehead atoms. The zero-order valence-electron chi connectivity index (χ0n) is 19.9.